The molecule has 162 valence electrons. The van der Waals surface area contributed by atoms with Crippen LogP contribution in [0.15, 0.2) is 59.5 Å². The Balaban J connectivity index is 1.60. The molecule has 1 fully saturated rings. The van der Waals surface area contributed by atoms with Gasteiger partial charge in [-0.1, -0.05) is 18.2 Å². The van der Waals surface area contributed by atoms with Crippen LogP contribution in [0.5, 0.6) is 0 Å². The fraction of sp³-hybridized carbons (Fsp3) is 0.350. The van der Waals surface area contributed by atoms with Crippen molar-refractivity contribution in [3.63, 3.8) is 0 Å². The maximum atomic E-state index is 12.7. The molecule has 1 saturated heterocycles. The number of hydrogen-bond donors (Lipinski definition) is 1. The number of halogens is 3. The predicted molar refractivity (Wildman–Crippen MR) is 106 cm³/mol. The summed E-state index contributed by atoms with van der Waals surface area (Å²) in [5.41, 5.74) is -0.220. The van der Waals surface area contributed by atoms with E-state index < -0.39 is 27.8 Å². The lowest BCUT2D eigenvalue weighted by atomic mass is 10.2. The van der Waals surface area contributed by atoms with Crippen molar-refractivity contribution in [3.8, 4) is 0 Å². The molecule has 0 radical (unpaired) electrons. The van der Waals surface area contributed by atoms with Crippen LogP contribution in [0, 0.1) is 0 Å². The van der Waals surface area contributed by atoms with Crippen LogP contribution in [-0.4, -0.2) is 55.8 Å². The zero-order valence-corrected chi connectivity index (χ0v) is 17.1. The molecule has 0 aromatic heterocycles. The Morgan fingerprint density at radius 2 is 1.53 bits per heavy atom. The van der Waals surface area contributed by atoms with E-state index in [1.54, 1.807) is 19.1 Å². The molecule has 2 aromatic rings. The van der Waals surface area contributed by atoms with Crippen molar-refractivity contribution in [1.82, 2.24) is 9.21 Å². The van der Waals surface area contributed by atoms with Crippen molar-refractivity contribution in [3.05, 3.63) is 60.2 Å². The molecule has 0 unspecified atom stereocenters. The van der Waals surface area contributed by atoms with Gasteiger partial charge < -0.3 is 5.32 Å². The summed E-state index contributed by atoms with van der Waals surface area (Å²) in [6.07, 6.45) is -4.52. The highest BCUT2D eigenvalue weighted by molar-refractivity contribution is 7.89. The zero-order chi connectivity index (χ0) is 21.9. The highest BCUT2D eigenvalue weighted by Gasteiger charge is 2.34. The van der Waals surface area contributed by atoms with E-state index >= 15 is 0 Å². The van der Waals surface area contributed by atoms with Crippen molar-refractivity contribution in [2.24, 2.45) is 0 Å². The van der Waals surface area contributed by atoms with E-state index in [-0.39, 0.29) is 23.9 Å². The fourth-order valence-electron chi connectivity index (χ4n) is 3.23. The van der Waals surface area contributed by atoms with E-state index in [1.165, 1.54) is 4.31 Å². The van der Waals surface area contributed by atoms with Crippen LogP contribution in [0.25, 0.3) is 0 Å². The van der Waals surface area contributed by atoms with Crippen LogP contribution in [0.1, 0.15) is 12.5 Å². The van der Waals surface area contributed by atoms with Gasteiger partial charge in [-0.15, -0.1) is 0 Å². The highest BCUT2D eigenvalue weighted by Crippen LogP contribution is 2.30. The molecule has 2 aromatic carbocycles. The van der Waals surface area contributed by atoms with E-state index in [0.717, 1.165) is 24.3 Å². The molecule has 0 aliphatic carbocycles. The second-order valence-corrected chi connectivity index (χ2v) is 8.93. The Kier molecular flexibility index (Phi) is 6.49. The quantitative estimate of drug-likeness (QED) is 0.775. The molecule has 0 bridgehead atoms. The lowest BCUT2D eigenvalue weighted by Gasteiger charge is -2.36. The summed E-state index contributed by atoms with van der Waals surface area (Å²) >= 11 is 0. The van der Waals surface area contributed by atoms with Gasteiger partial charge in [-0.2, -0.15) is 17.5 Å². The van der Waals surface area contributed by atoms with E-state index in [2.05, 4.69) is 5.32 Å². The number of rotatable bonds is 5. The minimum atomic E-state index is -4.52. The molecule has 6 nitrogen and oxygen atoms in total. The molecule has 1 N–H and O–H groups in total. The first-order valence-corrected chi connectivity index (χ1v) is 10.8. The third-order valence-corrected chi connectivity index (χ3v) is 6.97. The Bertz CT molecular complexity index is 972. The van der Waals surface area contributed by atoms with Gasteiger partial charge >= 0.3 is 6.18 Å². The number of anilines is 1. The number of carbonyl (C=O) groups excluding carboxylic acids is 1. The van der Waals surface area contributed by atoms with Crippen LogP contribution in [0.2, 0.25) is 0 Å². The lowest BCUT2D eigenvalue weighted by molar-refractivity contribution is -0.137. The molecule has 3 rings (SSSR count). The van der Waals surface area contributed by atoms with E-state index in [1.807, 2.05) is 23.1 Å². The molecule has 1 amide bonds. The van der Waals surface area contributed by atoms with Crippen LogP contribution >= 0.6 is 0 Å². The van der Waals surface area contributed by atoms with Crippen LogP contribution in [-0.2, 0) is 21.0 Å². The van der Waals surface area contributed by atoms with Gasteiger partial charge in [-0.05, 0) is 43.3 Å². The number of carbonyl (C=O) groups is 1. The van der Waals surface area contributed by atoms with Crippen molar-refractivity contribution in [2.75, 3.05) is 31.5 Å². The third-order valence-electron chi connectivity index (χ3n) is 5.06. The Labute approximate surface area is 173 Å². The number of benzene rings is 2. The minimum absolute atomic E-state index is 0.145. The third kappa shape index (κ3) is 5.00. The first kappa shape index (κ1) is 22.3. The Hall–Kier alpha value is -2.43. The largest absolute Gasteiger partial charge is 0.416 e. The summed E-state index contributed by atoms with van der Waals surface area (Å²) in [7, 11) is -3.90. The highest BCUT2D eigenvalue weighted by atomic mass is 32.2. The first-order chi connectivity index (χ1) is 14.1. The SMILES string of the molecule is C[C@H](C(=O)Nc1ccccc1)N1CCN(S(=O)(=O)c2ccc(C(F)(F)F)cc2)CC1. The maximum Gasteiger partial charge on any atom is 0.416 e. The van der Waals surface area contributed by atoms with Crippen molar-refractivity contribution >= 4 is 21.6 Å². The van der Waals surface area contributed by atoms with E-state index in [4.69, 9.17) is 0 Å². The molecule has 0 spiro atoms. The number of para-hydroxylation sites is 1. The van der Waals surface area contributed by atoms with Gasteiger partial charge in [0.05, 0.1) is 16.5 Å². The number of piperazine rings is 1. The number of nitrogens with zero attached hydrogens (tertiary/aromatic N) is 2. The predicted octanol–water partition coefficient (Wildman–Crippen LogP) is 3.04. The van der Waals surface area contributed by atoms with Crippen molar-refractivity contribution in [2.45, 2.75) is 24.0 Å². The van der Waals surface area contributed by atoms with Gasteiger partial charge in [-0.25, -0.2) is 8.42 Å². The zero-order valence-electron chi connectivity index (χ0n) is 16.3. The smallest absolute Gasteiger partial charge is 0.325 e. The van der Waals surface area contributed by atoms with Crippen LogP contribution < -0.4 is 5.32 Å². The fourth-order valence-corrected chi connectivity index (χ4v) is 4.65. The van der Waals surface area contributed by atoms with Crippen LogP contribution in [0.3, 0.4) is 0 Å². The average Bonchev–Trinajstić information content (AvgIpc) is 2.73. The minimum Gasteiger partial charge on any atom is -0.325 e. The van der Waals surface area contributed by atoms with Gasteiger partial charge in [0, 0.05) is 31.9 Å². The molecule has 0 saturated carbocycles. The van der Waals surface area contributed by atoms with E-state index in [9.17, 15) is 26.4 Å². The number of alkyl halides is 3. The second kappa shape index (κ2) is 8.75. The van der Waals surface area contributed by atoms with Gasteiger partial charge in [0.1, 0.15) is 0 Å². The van der Waals surface area contributed by atoms with Crippen molar-refractivity contribution in [1.29, 1.82) is 0 Å². The normalized spacial score (nSPS) is 17.5. The molecular weight excluding hydrogens is 419 g/mol. The standard InChI is InChI=1S/C20H22F3N3O3S/c1-15(19(27)24-17-5-3-2-4-6-17)25-11-13-26(14-12-25)30(28,29)18-9-7-16(8-10-18)20(21,22)23/h2-10,15H,11-14H2,1H3,(H,24,27)/t15-/m1/s1. The lowest BCUT2D eigenvalue weighted by Crippen LogP contribution is -2.53. The number of amides is 1. The number of hydrogen-bond acceptors (Lipinski definition) is 4. The molecular formula is C20H22F3N3O3S. The maximum absolute atomic E-state index is 12.7. The monoisotopic (exact) mass is 441 g/mol. The topological polar surface area (TPSA) is 69.7 Å². The summed E-state index contributed by atoms with van der Waals surface area (Å²) in [4.78, 5) is 14.1. The molecule has 1 aliphatic heterocycles. The van der Waals surface area contributed by atoms with Gasteiger partial charge in [-0.3, -0.25) is 9.69 Å². The van der Waals surface area contributed by atoms with Crippen molar-refractivity contribution < 1.29 is 26.4 Å². The Morgan fingerprint density at radius 1 is 0.967 bits per heavy atom. The summed E-state index contributed by atoms with van der Waals surface area (Å²) < 4.78 is 64.8. The molecule has 1 atom stereocenters. The van der Waals surface area contributed by atoms with E-state index in [0.29, 0.717) is 18.8 Å². The average molecular weight is 441 g/mol. The first-order valence-electron chi connectivity index (χ1n) is 9.36. The second-order valence-electron chi connectivity index (χ2n) is 6.99. The molecule has 1 aliphatic rings. The summed E-state index contributed by atoms with van der Waals surface area (Å²) in [5, 5.41) is 2.82. The number of nitrogens with one attached hydrogen (secondary N) is 1. The Morgan fingerprint density at radius 3 is 2.07 bits per heavy atom. The summed E-state index contributed by atoms with van der Waals surface area (Å²) in [6.45, 7) is 2.71. The van der Waals surface area contributed by atoms with Gasteiger partial charge in [0.2, 0.25) is 15.9 Å². The molecule has 30 heavy (non-hydrogen) atoms. The van der Waals surface area contributed by atoms with Crippen LogP contribution in [0.4, 0.5) is 18.9 Å². The van der Waals surface area contributed by atoms with Gasteiger partial charge in [0.15, 0.2) is 0 Å². The summed E-state index contributed by atoms with van der Waals surface area (Å²) in [6, 6.07) is 12.0. The molecule has 1 heterocycles. The number of sulfonamides is 1. The summed E-state index contributed by atoms with van der Waals surface area (Å²) in [5.74, 6) is -0.194. The van der Waals surface area contributed by atoms with Gasteiger partial charge in [0.25, 0.3) is 0 Å². The molecule has 10 heteroatoms.